The van der Waals surface area contributed by atoms with Crippen LogP contribution in [0.5, 0.6) is 0 Å². The Morgan fingerprint density at radius 1 is 1.18 bits per heavy atom. The molecule has 1 nitrogen and oxygen atoms in total. The molecule has 88 valence electrons. The Balaban J connectivity index is 2.09. The van der Waals surface area contributed by atoms with Crippen molar-refractivity contribution in [2.24, 2.45) is 4.99 Å². The highest BCUT2D eigenvalue weighted by Gasteiger charge is 2.25. The number of rotatable bonds is 0. The number of fused-ring (bicyclic) bond motifs is 1. The minimum absolute atomic E-state index is 0.115. The lowest BCUT2D eigenvalue weighted by atomic mass is 10.0. The lowest BCUT2D eigenvalue weighted by Crippen LogP contribution is -2.01. The maximum absolute atomic E-state index is 6.56. The molecule has 1 aromatic carbocycles. The predicted molar refractivity (Wildman–Crippen MR) is 73.1 cm³/mol. The first kappa shape index (κ1) is 11.3. The molecule has 0 saturated carbocycles. The molecule has 3 heteroatoms. The van der Waals surface area contributed by atoms with Crippen molar-refractivity contribution in [3.63, 3.8) is 0 Å². The Bertz CT molecular complexity index is 517. The van der Waals surface area contributed by atoms with Gasteiger partial charge >= 0.3 is 0 Å². The van der Waals surface area contributed by atoms with Crippen LogP contribution >= 0.6 is 23.2 Å². The smallest absolute Gasteiger partial charge is 0.101 e. The molecule has 1 heterocycles. The molecule has 0 N–H and O–H groups in total. The lowest BCUT2D eigenvalue weighted by molar-refractivity contribution is 0.835. The number of hydrogen-bond acceptors (Lipinski definition) is 1. The van der Waals surface area contributed by atoms with E-state index in [4.69, 9.17) is 23.2 Å². The van der Waals surface area contributed by atoms with Crippen LogP contribution < -0.4 is 0 Å². The molecule has 3 rings (SSSR count). The van der Waals surface area contributed by atoms with E-state index < -0.39 is 0 Å². The molecule has 1 atom stereocenters. The maximum Gasteiger partial charge on any atom is 0.101 e. The maximum atomic E-state index is 6.56. The predicted octanol–water partition coefficient (Wildman–Crippen LogP) is 4.68. The highest BCUT2D eigenvalue weighted by molar-refractivity contribution is 6.30. The van der Waals surface area contributed by atoms with E-state index in [1.54, 1.807) is 0 Å². The number of nitrogens with zero attached hydrogens (tertiary/aromatic N) is 1. The molecule has 0 saturated heterocycles. The van der Waals surface area contributed by atoms with E-state index in [1.165, 1.54) is 16.7 Å². The number of hydrogen-bond donors (Lipinski definition) is 0. The zero-order valence-corrected chi connectivity index (χ0v) is 10.9. The summed E-state index contributed by atoms with van der Waals surface area (Å²) in [5.74, 6) is 0. The summed E-state index contributed by atoms with van der Waals surface area (Å²) in [7, 11) is 0. The monoisotopic (exact) mass is 265 g/mol. The molecular formula is C14H13Cl2N. The summed E-state index contributed by atoms with van der Waals surface area (Å²) >= 11 is 12.6. The van der Waals surface area contributed by atoms with Crippen LogP contribution in [0.1, 0.15) is 35.8 Å². The molecule has 0 aromatic heterocycles. The topological polar surface area (TPSA) is 12.4 Å². The third-order valence-electron chi connectivity index (χ3n) is 3.48. The normalized spacial score (nSPS) is 23.1. The number of aliphatic imine (C=N–C) groups is 1. The minimum atomic E-state index is -0.115. The first-order valence-electron chi connectivity index (χ1n) is 5.92. The molecule has 1 aromatic rings. The van der Waals surface area contributed by atoms with Gasteiger partial charge in [0.15, 0.2) is 0 Å². The number of benzene rings is 1. The molecular weight excluding hydrogens is 253 g/mol. The van der Waals surface area contributed by atoms with Gasteiger partial charge in [-0.25, -0.2) is 0 Å². The number of aryl methyl sites for hydroxylation is 1. The van der Waals surface area contributed by atoms with E-state index >= 15 is 0 Å². The van der Waals surface area contributed by atoms with Gasteiger partial charge in [-0.3, -0.25) is 4.99 Å². The quantitative estimate of drug-likeness (QED) is 0.604. The average molecular weight is 266 g/mol. The van der Waals surface area contributed by atoms with Crippen LogP contribution in [0.15, 0.2) is 34.5 Å². The average Bonchev–Trinajstić information content (AvgIpc) is 2.48. The van der Waals surface area contributed by atoms with Gasteiger partial charge in [-0.1, -0.05) is 17.7 Å². The molecule has 2 aliphatic rings. The van der Waals surface area contributed by atoms with Gasteiger partial charge < -0.3 is 0 Å². The molecule has 0 bridgehead atoms. The van der Waals surface area contributed by atoms with Gasteiger partial charge in [-0.2, -0.15) is 0 Å². The molecule has 0 fully saturated rings. The number of halogens is 2. The summed E-state index contributed by atoms with van der Waals surface area (Å²) < 4.78 is 0. The van der Waals surface area contributed by atoms with Crippen molar-refractivity contribution in [3.8, 4) is 0 Å². The van der Waals surface area contributed by atoms with Crippen molar-refractivity contribution < 1.29 is 0 Å². The minimum Gasteiger partial charge on any atom is -0.264 e. The summed E-state index contributed by atoms with van der Waals surface area (Å²) in [5.41, 5.74) is 4.92. The Labute approximate surface area is 111 Å². The van der Waals surface area contributed by atoms with Gasteiger partial charge in [-0.05, 0) is 54.5 Å². The summed E-state index contributed by atoms with van der Waals surface area (Å²) in [6, 6.07) is 5.98. The van der Waals surface area contributed by atoms with Gasteiger partial charge in [-0.15, -0.1) is 11.6 Å². The zero-order valence-electron chi connectivity index (χ0n) is 9.42. The van der Waals surface area contributed by atoms with Crippen molar-refractivity contribution >= 4 is 29.4 Å². The van der Waals surface area contributed by atoms with E-state index in [1.807, 2.05) is 24.4 Å². The van der Waals surface area contributed by atoms with E-state index in [-0.39, 0.29) is 5.38 Å². The van der Waals surface area contributed by atoms with Crippen LogP contribution in [0, 0.1) is 0 Å². The SMILES string of the molecule is Clc1ccc2c(c1)CCC1=C(N=CCC1)C2Cl. The van der Waals surface area contributed by atoms with Crippen molar-refractivity contribution in [3.05, 3.63) is 45.6 Å². The fraction of sp³-hybridized carbons (Fsp3) is 0.357. The van der Waals surface area contributed by atoms with Gasteiger partial charge in [0.2, 0.25) is 0 Å². The molecule has 1 unspecified atom stereocenters. The summed E-state index contributed by atoms with van der Waals surface area (Å²) in [6.07, 6.45) is 6.20. The zero-order chi connectivity index (χ0) is 11.8. The third kappa shape index (κ3) is 2.02. The van der Waals surface area contributed by atoms with Crippen LogP contribution in [0.4, 0.5) is 0 Å². The van der Waals surface area contributed by atoms with Crippen LogP contribution in [-0.4, -0.2) is 6.21 Å². The Morgan fingerprint density at radius 2 is 2.06 bits per heavy atom. The van der Waals surface area contributed by atoms with Crippen LogP contribution in [0.2, 0.25) is 5.02 Å². The van der Waals surface area contributed by atoms with Gasteiger partial charge in [0, 0.05) is 11.2 Å². The Kier molecular flexibility index (Phi) is 2.97. The number of alkyl halides is 1. The van der Waals surface area contributed by atoms with E-state index in [0.29, 0.717) is 0 Å². The molecule has 1 aliphatic heterocycles. The van der Waals surface area contributed by atoms with E-state index in [0.717, 1.165) is 36.4 Å². The molecule has 0 amide bonds. The van der Waals surface area contributed by atoms with Gasteiger partial charge in [0.1, 0.15) is 5.38 Å². The first-order valence-corrected chi connectivity index (χ1v) is 6.74. The third-order valence-corrected chi connectivity index (χ3v) is 4.16. The van der Waals surface area contributed by atoms with Crippen molar-refractivity contribution in [1.82, 2.24) is 0 Å². The second-order valence-electron chi connectivity index (χ2n) is 4.54. The molecule has 0 spiro atoms. The summed E-state index contributed by atoms with van der Waals surface area (Å²) in [4.78, 5) is 4.50. The molecule has 17 heavy (non-hydrogen) atoms. The van der Waals surface area contributed by atoms with Crippen molar-refractivity contribution in [2.45, 2.75) is 31.1 Å². The molecule has 1 aliphatic carbocycles. The number of allylic oxidation sites excluding steroid dienone is 2. The standard InChI is InChI=1S/C14H13Cl2N/c15-11-5-6-12-10(8-11)4-3-9-2-1-7-17-14(9)13(12)16/h5-8,13H,1-4H2. The Morgan fingerprint density at radius 3 is 2.94 bits per heavy atom. The van der Waals surface area contributed by atoms with Crippen molar-refractivity contribution in [1.29, 1.82) is 0 Å². The first-order chi connectivity index (χ1) is 8.25. The van der Waals surface area contributed by atoms with Crippen LogP contribution in [-0.2, 0) is 6.42 Å². The van der Waals surface area contributed by atoms with Crippen molar-refractivity contribution in [2.75, 3.05) is 0 Å². The summed E-state index contributed by atoms with van der Waals surface area (Å²) in [6.45, 7) is 0. The van der Waals surface area contributed by atoms with Crippen LogP contribution in [0.3, 0.4) is 0 Å². The fourth-order valence-electron chi connectivity index (χ4n) is 2.59. The summed E-state index contributed by atoms with van der Waals surface area (Å²) in [5, 5.41) is 0.673. The Hall–Kier alpha value is -0.790. The fourth-order valence-corrected chi connectivity index (χ4v) is 3.21. The van der Waals surface area contributed by atoms with E-state index in [9.17, 15) is 0 Å². The van der Waals surface area contributed by atoms with Gasteiger partial charge in [0.25, 0.3) is 0 Å². The second-order valence-corrected chi connectivity index (χ2v) is 5.42. The molecule has 0 radical (unpaired) electrons. The largest absolute Gasteiger partial charge is 0.264 e. The highest BCUT2D eigenvalue weighted by atomic mass is 35.5. The van der Waals surface area contributed by atoms with E-state index in [2.05, 4.69) is 4.99 Å². The highest BCUT2D eigenvalue weighted by Crippen LogP contribution is 2.41. The second kappa shape index (κ2) is 4.47. The lowest BCUT2D eigenvalue weighted by Gasteiger charge is -2.16. The van der Waals surface area contributed by atoms with Gasteiger partial charge in [0.05, 0.1) is 5.70 Å². The van der Waals surface area contributed by atoms with Crippen LogP contribution in [0.25, 0.3) is 0 Å².